The molecule has 4 nitrogen and oxygen atoms in total. The van der Waals surface area contributed by atoms with Crippen molar-refractivity contribution in [1.82, 2.24) is 4.90 Å². The number of aliphatic hydroxyl groups excluding tert-OH is 1. The van der Waals surface area contributed by atoms with Gasteiger partial charge in [-0.2, -0.15) is 0 Å². The number of hydrogen-bond acceptors (Lipinski definition) is 3. The second kappa shape index (κ2) is 7.81. The van der Waals surface area contributed by atoms with Gasteiger partial charge in [0.05, 0.1) is 11.7 Å². The molecule has 25 heavy (non-hydrogen) atoms. The summed E-state index contributed by atoms with van der Waals surface area (Å²) in [6.45, 7) is 4.32. The van der Waals surface area contributed by atoms with Gasteiger partial charge in [0, 0.05) is 13.1 Å². The lowest BCUT2D eigenvalue weighted by Gasteiger charge is -2.36. The summed E-state index contributed by atoms with van der Waals surface area (Å²) >= 11 is 0. The average Bonchev–Trinajstić information content (AvgIpc) is 2.58. The quantitative estimate of drug-likeness (QED) is 0.879. The maximum absolute atomic E-state index is 11.1. The Balaban J connectivity index is 1.58. The van der Waals surface area contributed by atoms with E-state index in [1.165, 1.54) is 11.1 Å². The van der Waals surface area contributed by atoms with E-state index in [9.17, 15) is 9.90 Å². The van der Waals surface area contributed by atoms with Gasteiger partial charge in [-0.1, -0.05) is 42.0 Å². The van der Waals surface area contributed by atoms with E-state index in [4.69, 9.17) is 5.11 Å². The van der Waals surface area contributed by atoms with Crippen molar-refractivity contribution in [2.24, 2.45) is 5.92 Å². The molecule has 3 rings (SSSR count). The number of piperidine rings is 1. The van der Waals surface area contributed by atoms with Crippen LogP contribution in [0.15, 0.2) is 48.5 Å². The number of aromatic carboxylic acids is 1. The van der Waals surface area contributed by atoms with Crippen molar-refractivity contribution < 1.29 is 15.0 Å². The Labute approximate surface area is 148 Å². The van der Waals surface area contributed by atoms with Crippen LogP contribution in [0.25, 0.3) is 0 Å². The lowest BCUT2D eigenvalue weighted by molar-refractivity contribution is 0.0187. The molecule has 4 heteroatoms. The van der Waals surface area contributed by atoms with Crippen molar-refractivity contribution in [1.29, 1.82) is 0 Å². The largest absolute Gasteiger partial charge is 0.478 e. The molecule has 0 amide bonds. The van der Waals surface area contributed by atoms with E-state index in [0.717, 1.165) is 24.9 Å². The van der Waals surface area contributed by atoms with E-state index < -0.39 is 5.97 Å². The summed E-state index contributed by atoms with van der Waals surface area (Å²) in [5, 5.41) is 19.7. The number of carboxylic acids is 1. The summed E-state index contributed by atoms with van der Waals surface area (Å²) in [7, 11) is 0. The third-order valence-corrected chi connectivity index (χ3v) is 4.97. The van der Waals surface area contributed by atoms with E-state index in [1.807, 2.05) is 6.07 Å². The highest BCUT2D eigenvalue weighted by atomic mass is 16.4. The number of likely N-dealkylation sites (tertiary alicyclic amines) is 1. The maximum atomic E-state index is 11.1. The number of aliphatic hydroxyl groups is 1. The van der Waals surface area contributed by atoms with Gasteiger partial charge in [0.25, 0.3) is 0 Å². The Kier molecular flexibility index (Phi) is 5.51. The Morgan fingerprint density at radius 2 is 1.92 bits per heavy atom. The first-order valence-corrected chi connectivity index (χ1v) is 8.79. The van der Waals surface area contributed by atoms with Gasteiger partial charge in [-0.25, -0.2) is 4.79 Å². The van der Waals surface area contributed by atoms with Gasteiger partial charge in [-0.3, -0.25) is 4.90 Å². The molecule has 1 aliphatic heterocycles. The van der Waals surface area contributed by atoms with Crippen molar-refractivity contribution in [3.05, 3.63) is 70.8 Å². The Morgan fingerprint density at radius 1 is 1.16 bits per heavy atom. The van der Waals surface area contributed by atoms with Crippen LogP contribution >= 0.6 is 0 Å². The fourth-order valence-electron chi connectivity index (χ4n) is 3.63. The molecule has 2 aromatic carbocycles. The predicted octanol–water partition coefficient (Wildman–Crippen LogP) is 3.12. The number of hydrogen-bond donors (Lipinski definition) is 2. The van der Waals surface area contributed by atoms with Crippen LogP contribution in [-0.4, -0.2) is 40.3 Å². The first kappa shape index (κ1) is 17.6. The third-order valence-electron chi connectivity index (χ3n) is 4.97. The minimum absolute atomic E-state index is 0.281. The highest BCUT2D eigenvalue weighted by Gasteiger charge is 2.27. The van der Waals surface area contributed by atoms with Crippen molar-refractivity contribution in [2.75, 3.05) is 13.1 Å². The maximum Gasteiger partial charge on any atom is 0.335 e. The Morgan fingerprint density at radius 3 is 2.64 bits per heavy atom. The van der Waals surface area contributed by atoms with E-state index in [1.54, 1.807) is 18.2 Å². The Bertz CT molecular complexity index is 743. The van der Waals surface area contributed by atoms with Crippen LogP contribution in [-0.2, 0) is 13.0 Å². The van der Waals surface area contributed by atoms with Gasteiger partial charge >= 0.3 is 5.97 Å². The lowest BCUT2D eigenvalue weighted by Crippen LogP contribution is -2.44. The van der Waals surface area contributed by atoms with E-state index in [0.29, 0.717) is 18.7 Å². The van der Waals surface area contributed by atoms with Crippen LogP contribution in [0.2, 0.25) is 0 Å². The molecule has 2 N–H and O–H groups in total. The molecule has 1 saturated heterocycles. The smallest absolute Gasteiger partial charge is 0.335 e. The molecule has 2 aromatic rings. The number of nitrogens with zero attached hydrogens (tertiary/aromatic N) is 1. The van der Waals surface area contributed by atoms with Crippen LogP contribution < -0.4 is 0 Å². The minimum atomic E-state index is -0.904. The van der Waals surface area contributed by atoms with Crippen LogP contribution in [0.4, 0.5) is 0 Å². The highest BCUT2D eigenvalue weighted by molar-refractivity contribution is 5.87. The monoisotopic (exact) mass is 339 g/mol. The number of carbonyl (C=O) groups is 1. The van der Waals surface area contributed by atoms with Gasteiger partial charge in [-0.15, -0.1) is 0 Å². The number of rotatable bonds is 5. The summed E-state index contributed by atoms with van der Waals surface area (Å²) in [6, 6.07) is 15.5. The number of benzene rings is 2. The summed E-state index contributed by atoms with van der Waals surface area (Å²) in [5.74, 6) is -0.623. The number of aryl methyl sites for hydroxylation is 1. The second-order valence-electron chi connectivity index (χ2n) is 7.05. The van der Waals surface area contributed by atoms with Crippen LogP contribution in [0.5, 0.6) is 0 Å². The summed E-state index contributed by atoms with van der Waals surface area (Å²) < 4.78 is 0. The van der Waals surface area contributed by atoms with E-state index >= 15 is 0 Å². The molecular formula is C21H25NO3. The molecule has 1 fully saturated rings. The molecule has 1 heterocycles. The average molecular weight is 339 g/mol. The minimum Gasteiger partial charge on any atom is -0.478 e. The third kappa shape index (κ3) is 4.68. The van der Waals surface area contributed by atoms with Gasteiger partial charge < -0.3 is 10.2 Å². The van der Waals surface area contributed by atoms with Gasteiger partial charge in [-0.05, 0) is 55.5 Å². The molecule has 132 valence electrons. The SMILES string of the molecule is Cc1cccc(C[C@H]2CCN(Cc3cccc(C(=O)O)c3)C[C@H]2O)c1. The Hall–Kier alpha value is -2.17. The first-order chi connectivity index (χ1) is 12.0. The summed E-state index contributed by atoms with van der Waals surface area (Å²) in [5.41, 5.74) is 3.83. The zero-order valence-electron chi connectivity index (χ0n) is 14.6. The molecule has 0 bridgehead atoms. The molecule has 0 aliphatic carbocycles. The summed E-state index contributed by atoms with van der Waals surface area (Å²) in [4.78, 5) is 13.3. The zero-order chi connectivity index (χ0) is 17.8. The molecule has 1 aliphatic rings. The van der Waals surface area contributed by atoms with E-state index in [2.05, 4.69) is 36.1 Å². The number of β-amino-alcohol motifs (C(OH)–C–C–N with tert-alkyl or cyclic N) is 1. The molecule has 0 aromatic heterocycles. The van der Waals surface area contributed by atoms with Crippen LogP contribution in [0.3, 0.4) is 0 Å². The predicted molar refractivity (Wildman–Crippen MR) is 97.7 cm³/mol. The van der Waals surface area contributed by atoms with Gasteiger partial charge in [0.1, 0.15) is 0 Å². The normalized spacial score (nSPS) is 21.2. The van der Waals surface area contributed by atoms with Crippen LogP contribution in [0.1, 0.15) is 33.5 Å². The summed E-state index contributed by atoms with van der Waals surface area (Å²) in [6.07, 6.45) is 1.51. The fraction of sp³-hybridized carbons (Fsp3) is 0.381. The second-order valence-corrected chi connectivity index (χ2v) is 7.05. The fourth-order valence-corrected chi connectivity index (χ4v) is 3.63. The van der Waals surface area contributed by atoms with Crippen molar-refractivity contribution in [2.45, 2.75) is 32.4 Å². The molecular weight excluding hydrogens is 314 g/mol. The molecule has 0 unspecified atom stereocenters. The van der Waals surface area contributed by atoms with E-state index in [-0.39, 0.29) is 12.0 Å². The van der Waals surface area contributed by atoms with Crippen molar-refractivity contribution in [3.8, 4) is 0 Å². The molecule has 0 spiro atoms. The van der Waals surface area contributed by atoms with Gasteiger partial charge in [0.15, 0.2) is 0 Å². The zero-order valence-corrected chi connectivity index (χ0v) is 14.6. The van der Waals surface area contributed by atoms with Gasteiger partial charge in [0.2, 0.25) is 0 Å². The molecule has 0 saturated carbocycles. The highest BCUT2D eigenvalue weighted by Crippen LogP contribution is 2.24. The lowest BCUT2D eigenvalue weighted by atomic mass is 9.87. The standard InChI is InChI=1S/C21H25NO3/c1-15-4-2-5-16(10-15)11-18-8-9-22(14-20(18)23)13-17-6-3-7-19(12-17)21(24)25/h2-7,10,12,18,20,23H,8-9,11,13-14H2,1H3,(H,24,25)/t18-,20-/m1/s1. The molecule has 2 atom stereocenters. The van der Waals surface area contributed by atoms with Crippen molar-refractivity contribution >= 4 is 5.97 Å². The molecule has 0 radical (unpaired) electrons. The number of carboxylic acid groups (broad SMARTS) is 1. The van der Waals surface area contributed by atoms with Crippen molar-refractivity contribution in [3.63, 3.8) is 0 Å². The topological polar surface area (TPSA) is 60.8 Å². The van der Waals surface area contributed by atoms with Crippen LogP contribution in [0, 0.1) is 12.8 Å². The first-order valence-electron chi connectivity index (χ1n) is 8.79.